The number of hydrogen-bond donors (Lipinski definition) is 2. The summed E-state index contributed by atoms with van der Waals surface area (Å²) in [6, 6.07) is 4.30. The van der Waals surface area contributed by atoms with E-state index in [1.807, 2.05) is 0 Å². The van der Waals surface area contributed by atoms with Crippen molar-refractivity contribution >= 4 is 39.1 Å². The van der Waals surface area contributed by atoms with Crippen LogP contribution in [-0.2, 0) is 4.79 Å². The third kappa shape index (κ3) is 5.20. The molecule has 7 nitrogen and oxygen atoms in total. The molecule has 9 heteroatoms. The summed E-state index contributed by atoms with van der Waals surface area (Å²) in [5, 5.41) is 6.24. The summed E-state index contributed by atoms with van der Waals surface area (Å²) in [6.45, 7) is 1.56. The first-order chi connectivity index (χ1) is 11.5. The summed E-state index contributed by atoms with van der Waals surface area (Å²) in [4.78, 5) is 31.2. The molecule has 124 valence electrons. The normalized spacial score (nSPS) is 11.0. The molecule has 24 heavy (non-hydrogen) atoms. The molecule has 0 aliphatic rings. The van der Waals surface area contributed by atoms with Gasteiger partial charge in [0.2, 0.25) is 5.91 Å². The van der Waals surface area contributed by atoms with Gasteiger partial charge in [-0.25, -0.2) is 14.8 Å². The van der Waals surface area contributed by atoms with Crippen molar-refractivity contribution in [2.75, 3.05) is 5.32 Å². The molecular weight excluding hydrogens is 381 g/mol. The molecular formula is C15H13BrFN5O2. The molecule has 1 aromatic carbocycles. The van der Waals surface area contributed by atoms with E-state index in [4.69, 9.17) is 0 Å². The topological polar surface area (TPSA) is 96.3 Å². The highest BCUT2D eigenvalue weighted by Crippen LogP contribution is 2.19. The van der Waals surface area contributed by atoms with Gasteiger partial charge in [-0.3, -0.25) is 14.6 Å². The van der Waals surface area contributed by atoms with Crippen LogP contribution in [0.3, 0.4) is 0 Å². The van der Waals surface area contributed by atoms with Gasteiger partial charge in [-0.05, 0) is 25.1 Å². The number of hydrazone groups is 1. The van der Waals surface area contributed by atoms with E-state index in [1.54, 1.807) is 13.0 Å². The molecule has 0 aliphatic heterocycles. The van der Waals surface area contributed by atoms with Crippen molar-refractivity contribution in [2.24, 2.45) is 5.10 Å². The van der Waals surface area contributed by atoms with Crippen LogP contribution < -0.4 is 10.7 Å². The lowest BCUT2D eigenvalue weighted by Gasteiger charge is -2.07. The Morgan fingerprint density at radius 1 is 1.33 bits per heavy atom. The zero-order valence-electron chi connectivity index (χ0n) is 12.6. The number of aromatic nitrogens is 2. The van der Waals surface area contributed by atoms with Gasteiger partial charge >= 0.3 is 0 Å². The molecule has 0 aliphatic carbocycles. The number of anilines is 1. The Hall–Kier alpha value is -2.68. The van der Waals surface area contributed by atoms with Gasteiger partial charge in [-0.2, -0.15) is 5.10 Å². The van der Waals surface area contributed by atoms with E-state index in [-0.39, 0.29) is 17.8 Å². The van der Waals surface area contributed by atoms with Gasteiger partial charge in [0.25, 0.3) is 5.91 Å². The minimum atomic E-state index is -0.553. The van der Waals surface area contributed by atoms with E-state index in [0.717, 1.165) is 0 Å². The van der Waals surface area contributed by atoms with Crippen molar-refractivity contribution in [1.29, 1.82) is 0 Å². The van der Waals surface area contributed by atoms with E-state index in [1.165, 1.54) is 30.7 Å². The Labute approximate surface area is 145 Å². The third-order valence-electron chi connectivity index (χ3n) is 2.77. The molecule has 1 heterocycles. The van der Waals surface area contributed by atoms with Crippen molar-refractivity contribution in [2.45, 2.75) is 13.3 Å². The fourth-order valence-corrected chi connectivity index (χ4v) is 2.01. The number of carbonyl (C=O) groups excluding carboxylic acids is 2. The van der Waals surface area contributed by atoms with Crippen molar-refractivity contribution in [3.05, 3.63) is 52.8 Å². The molecule has 0 spiro atoms. The Kier molecular flexibility index (Phi) is 6.07. The van der Waals surface area contributed by atoms with Crippen LogP contribution in [0.15, 0.2) is 46.4 Å². The largest absolute Gasteiger partial charge is 0.323 e. The molecule has 0 saturated heterocycles. The maximum absolute atomic E-state index is 13.6. The molecule has 0 fully saturated rings. The molecule has 2 N–H and O–H groups in total. The van der Waals surface area contributed by atoms with E-state index >= 15 is 0 Å². The first-order valence-electron chi connectivity index (χ1n) is 6.80. The first kappa shape index (κ1) is 17.7. The minimum Gasteiger partial charge on any atom is -0.323 e. The predicted molar refractivity (Wildman–Crippen MR) is 90.0 cm³/mol. The Morgan fingerprint density at radius 2 is 2.12 bits per heavy atom. The van der Waals surface area contributed by atoms with Crippen LogP contribution in [0, 0.1) is 5.82 Å². The number of nitrogens with zero attached hydrogens (tertiary/aromatic N) is 3. The lowest BCUT2D eigenvalue weighted by Crippen LogP contribution is -2.22. The summed E-state index contributed by atoms with van der Waals surface area (Å²) < 4.78 is 14.2. The van der Waals surface area contributed by atoms with Gasteiger partial charge in [0.15, 0.2) is 0 Å². The Balaban J connectivity index is 1.90. The minimum absolute atomic E-state index is 0.0691. The van der Waals surface area contributed by atoms with Crippen LogP contribution >= 0.6 is 15.9 Å². The zero-order valence-corrected chi connectivity index (χ0v) is 14.2. The van der Waals surface area contributed by atoms with Crippen LogP contribution in [0.1, 0.15) is 23.8 Å². The SMILES string of the molecule is CC(CC(=O)Nc1ccc(Br)cc1F)=NNC(=O)c1cnccn1. The molecule has 1 aromatic heterocycles. The van der Waals surface area contributed by atoms with Crippen LogP contribution in [0.5, 0.6) is 0 Å². The average Bonchev–Trinajstić information content (AvgIpc) is 2.56. The molecule has 0 unspecified atom stereocenters. The average molecular weight is 394 g/mol. The number of amides is 2. The smallest absolute Gasteiger partial charge is 0.291 e. The number of halogens is 2. The highest BCUT2D eigenvalue weighted by molar-refractivity contribution is 9.10. The standard InChI is InChI=1S/C15H13BrFN5O2/c1-9(21-22-15(24)13-8-18-4-5-19-13)6-14(23)20-12-3-2-10(16)7-11(12)17/h2-5,7-8H,6H2,1H3,(H,20,23)(H,22,24). The number of nitrogens with one attached hydrogen (secondary N) is 2. The fraction of sp³-hybridized carbons (Fsp3) is 0.133. The summed E-state index contributed by atoms with van der Waals surface area (Å²) in [5.41, 5.74) is 2.80. The van der Waals surface area contributed by atoms with Gasteiger partial charge in [0, 0.05) is 22.6 Å². The van der Waals surface area contributed by atoms with Crippen molar-refractivity contribution in [3.8, 4) is 0 Å². The molecule has 0 radical (unpaired) electrons. The lowest BCUT2D eigenvalue weighted by atomic mass is 10.2. The summed E-state index contributed by atoms with van der Waals surface area (Å²) in [5.74, 6) is -1.55. The predicted octanol–water partition coefficient (Wildman–Crippen LogP) is 2.51. The monoisotopic (exact) mass is 393 g/mol. The molecule has 0 bridgehead atoms. The number of rotatable bonds is 5. The highest BCUT2D eigenvalue weighted by atomic mass is 79.9. The Bertz CT molecular complexity index is 783. The molecule has 2 amide bonds. The van der Waals surface area contributed by atoms with E-state index < -0.39 is 17.6 Å². The summed E-state index contributed by atoms with van der Waals surface area (Å²) >= 11 is 3.13. The highest BCUT2D eigenvalue weighted by Gasteiger charge is 2.10. The second-order valence-electron chi connectivity index (χ2n) is 4.73. The maximum Gasteiger partial charge on any atom is 0.291 e. The quantitative estimate of drug-likeness (QED) is 0.602. The van der Waals surface area contributed by atoms with E-state index in [0.29, 0.717) is 10.2 Å². The van der Waals surface area contributed by atoms with Gasteiger partial charge in [-0.1, -0.05) is 15.9 Å². The van der Waals surface area contributed by atoms with Crippen molar-refractivity contribution in [1.82, 2.24) is 15.4 Å². The number of hydrogen-bond acceptors (Lipinski definition) is 5. The van der Waals surface area contributed by atoms with Crippen molar-refractivity contribution in [3.63, 3.8) is 0 Å². The lowest BCUT2D eigenvalue weighted by molar-refractivity contribution is -0.115. The summed E-state index contributed by atoms with van der Waals surface area (Å²) in [6.07, 6.45) is 4.02. The van der Waals surface area contributed by atoms with Gasteiger partial charge in [0.1, 0.15) is 11.5 Å². The van der Waals surface area contributed by atoms with Crippen molar-refractivity contribution < 1.29 is 14.0 Å². The van der Waals surface area contributed by atoms with Crippen LogP contribution in [-0.4, -0.2) is 27.5 Å². The second-order valence-corrected chi connectivity index (χ2v) is 5.64. The number of benzene rings is 1. The van der Waals surface area contributed by atoms with Crippen LogP contribution in [0.25, 0.3) is 0 Å². The maximum atomic E-state index is 13.6. The molecule has 0 saturated carbocycles. The molecule has 2 rings (SSSR count). The van der Waals surface area contributed by atoms with Crippen LogP contribution in [0.4, 0.5) is 10.1 Å². The van der Waals surface area contributed by atoms with E-state index in [2.05, 4.69) is 41.7 Å². The van der Waals surface area contributed by atoms with Crippen LogP contribution in [0.2, 0.25) is 0 Å². The fourth-order valence-electron chi connectivity index (χ4n) is 1.68. The van der Waals surface area contributed by atoms with Gasteiger partial charge in [0.05, 0.1) is 18.3 Å². The number of carbonyl (C=O) groups is 2. The second kappa shape index (κ2) is 8.25. The molecule has 2 aromatic rings. The molecule has 0 atom stereocenters. The van der Waals surface area contributed by atoms with Gasteiger partial charge in [-0.15, -0.1) is 0 Å². The van der Waals surface area contributed by atoms with E-state index in [9.17, 15) is 14.0 Å². The van der Waals surface area contributed by atoms with Gasteiger partial charge < -0.3 is 5.32 Å². The third-order valence-corrected chi connectivity index (χ3v) is 3.26. The first-order valence-corrected chi connectivity index (χ1v) is 7.59. The summed E-state index contributed by atoms with van der Waals surface area (Å²) in [7, 11) is 0. The Morgan fingerprint density at radius 3 is 2.79 bits per heavy atom. The zero-order chi connectivity index (χ0) is 17.5.